The van der Waals surface area contributed by atoms with E-state index < -0.39 is 0 Å². The van der Waals surface area contributed by atoms with E-state index >= 15 is 0 Å². The van der Waals surface area contributed by atoms with E-state index in [9.17, 15) is 9.59 Å². The predicted molar refractivity (Wildman–Crippen MR) is 213 cm³/mol. The zero-order valence-corrected chi connectivity index (χ0v) is 33.6. The summed E-state index contributed by atoms with van der Waals surface area (Å²) in [5.74, 6) is -0.409. The minimum Gasteiger partial charge on any atom is -0.466 e. The van der Waals surface area contributed by atoms with Crippen LogP contribution in [0.5, 0.6) is 0 Å². The summed E-state index contributed by atoms with van der Waals surface area (Å²) in [7, 11) is 3.47. The van der Waals surface area contributed by atoms with Crippen molar-refractivity contribution in [1.29, 1.82) is 0 Å². The molecule has 0 unspecified atom stereocenters. The molecule has 7 rings (SSSR count). The Hall–Kier alpha value is -4.92. The van der Waals surface area contributed by atoms with E-state index in [2.05, 4.69) is 42.2 Å². The van der Waals surface area contributed by atoms with Crippen molar-refractivity contribution >= 4 is 62.3 Å². The molecule has 54 heavy (non-hydrogen) atoms. The second-order valence-corrected chi connectivity index (χ2v) is 14.7. The van der Waals surface area contributed by atoms with Gasteiger partial charge >= 0.3 is 19.1 Å². The van der Waals surface area contributed by atoms with E-state index in [1.807, 2.05) is 116 Å². The Morgan fingerprint density at radius 2 is 1.22 bits per heavy atom. The summed E-state index contributed by atoms with van der Waals surface area (Å²) in [6.45, 7) is 12.6. The summed E-state index contributed by atoms with van der Waals surface area (Å²) in [4.78, 5) is 31.7. The van der Waals surface area contributed by atoms with E-state index in [-0.39, 0.29) is 36.7 Å². The maximum Gasteiger partial charge on any atom is 0.498 e. The molecule has 1 saturated heterocycles. The number of aromatic nitrogens is 6. The Morgan fingerprint density at radius 3 is 1.72 bits per heavy atom. The Bertz CT molecular complexity index is 2220. The normalized spacial score (nSPS) is 14.2. The number of nitrogens with zero attached hydrogens (tertiary/aromatic N) is 6. The molecule has 1 aliphatic heterocycles. The number of esters is 2. The summed E-state index contributed by atoms with van der Waals surface area (Å²) >= 11 is 3.38. The van der Waals surface area contributed by atoms with Gasteiger partial charge in [-0.15, -0.1) is 0 Å². The predicted octanol–water partition coefficient (Wildman–Crippen LogP) is 6.56. The zero-order valence-electron chi connectivity index (χ0n) is 32.0. The van der Waals surface area contributed by atoms with Crippen molar-refractivity contribution in [1.82, 2.24) is 29.5 Å². The summed E-state index contributed by atoms with van der Waals surface area (Å²) in [5.41, 5.74) is 6.12. The average Bonchev–Trinajstić information content (AvgIpc) is 3.81. The Morgan fingerprint density at radius 1 is 0.704 bits per heavy atom. The Balaban J connectivity index is 0.000000159. The third-order valence-electron chi connectivity index (χ3n) is 9.05. The topological polar surface area (TPSA) is 132 Å². The second kappa shape index (κ2) is 17.5. The van der Waals surface area contributed by atoms with Gasteiger partial charge in [0.1, 0.15) is 0 Å². The van der Waals surface area contributed by atoms with Crippen molar-refractivity contribution in [3.05, 3.63) is 101 Å². The van der Waals surface area contributed by atoms with Gasteiger partial charge in [-0.3, -0.25) is 28.9 Å². The lowest BCUT2D eigenvalue weighted by atomic mass is 9.82. The highest BCUT2D eigenvalue weighted by atomic mass is 79.9. The smallest absolute Gasteiger partial charge is 0.466 e. The van der Waals surface area contributed by atoms with Crippen molar-refractivity contribution in [3.63, 3.8) is 0 Å². The van der Waals surface area contributed by atoms with Gasteiger partial charge in [-0.2, -0.15) is 10.2 Å². The molecular formula is C40H46BBrN6O6. The highest BCUT2D eigenvalue weighted by molar-refractivity contribution is 9.10. The number of ether oxygens (including phenoxy) is 2. The SMILES string of the molecule is CCOC(=O)Cc1ccc2ncc(-c3cnn(C)c3)cc2c1.CCOC(=O)Cc1ccc2ncc(Br)cc2c1.Cn1cc(B2OC(C)(C)C(C)(C)O2)cn1. The first-order valence-corrected chi connectivity index (χ1v) is 18.5. The minimum atomic E-state index is -0.302. The van der Waals surface area contributed by atoms with Crippen LogP contribution in [0.1, 0.15) is 52.7 Å². The van der Waals surface area contributed by atoms with Crippen LogP contribution in [0.3, 0.4) is 0 Å². The molecule has 0 aliphatic carbocycles. The Labute approximate surface area is 324 Å². The van der Waals surface area contributed by atoms with Gasteiger partial charge < -0.3 is 18.8 Å². The number of aryl methyl sites for hydroxylation is 2. The molecule has 0 saturated carbocycles. The standard InChI is InChI=1S/C17H17N3O2.C13H12BrNO2.C10H17BN2O2/c1-3-22-17(21)7-12-4-5-16-13(6-12)8-14(9-18-16)15-10-19-20(2)11-15;1-2-17-13(16)6-9-3-4-12-10(5-9)7-11(14)8-15-12;1-9(2)10(3,4)15-11(14-9)8-6-12-13(5)7-8/h4-6,8-11H,3,7H2,1-2H3;3-5,7-8H,2,6H2,1H3;6-7H,1-5H3. The Kier molecular flexibility index (Phi) is 13.0. The van der Waals surface area contributed by atoms with Crippen LogP contribution in [0.2, 0.25) is 0 Å². The molecular weight excluding hydrogens is 751 g/mol. The van der Waals surface area contributed by atoms with Crippen LogP contribution in [0.15, 0.2) is 90.2 Å². The van der Waals surface area contributed by atoms with Gasteiger partial charge in [0.05, 0.1) is 54.5 Å². The van der Waals surface area contributed by atoms with Gasteiger partial charge in [-0.05, 0) is 105 Å². The lowest BCUT2D eigenvalue weighted by Gasteiger charge is -2.32. The number of rotatable bonds is 8. The molecule has 0 amide bonds. The number of hydrogen-bond acceptors (Lipinski definition) is 10. The first-order valence-electron chi connectivity index (χ1n) is 17.7. The molecule has 0 atom stereocenters. The van der Waals surface area contributed by atoms with Crippen LogP contribution in [0, 0.1) is 0 Å². The fraction of sp³-hybridized carbons (Fsp3) is 0.350. The molecule has 6 aromatic rings. The van der Waals surface area contributed by atoms with E-state index in [4.69, 9.17) is 18.8 Å². The quantitative estimate of drug-likeness (QED) is 0.123. The third-order valence-corrected chi connectivity index (χ3v) is 9.49. The van der Waals surface area contributed by atoms with Crippen LogP contribution >= 0.6 is 15.9 Å². The lowest BCUT2D eigenvalue weighted by molar-refractivity contribution is -0.143. The number of halogens is 1. The number of fused-ring (bicyclic) bond motifs is 2. The molecule has 2 aromatic carbocycles. The zero-order chi connectivity index (χ0) is 39.0. The number of pyridine rings is 2. The van der Waals surface area contributed by atoms with Crippen molar-refractivity contribution in [3.8, 4) is 11.1 Å². The average molecular weight is 798 g/mol. The van der Waals surface area contributed by atoms with Crippen molar-refractivity contribution in [2.75, 3.05) is 13.2 Å². The highest BCUT2D eigenvalue weighted by Gasteiger charge is 2.52. The lowest BCUT2D eigenvalue weighted by Crippen LogP contribution is -2.41. The van der Waals surface area contributed by atoms with E-state index in [1.165, 1.54) is 0 Å². The van der Waals surface area contributed by atoms with E-state index in [0.717, 1.165) is 54.0 Å². The first kappa shape index (κ1) is 40.3. The van der Waals surface area contributed by atoms with Gasteiger partial charge in [0.2, 0.25) is 0 Å². The molecule has 0 radical (unpaired) electrons. The molecule has 282 valence electrons. The van der Waals surface area contributed by atoms with Gasteiger partial charge in [0.15, 0.2) is 0 Å². The number of carbonyl (C=O) groups is 2. The van der Waals surface area contributed by atoms with E-state index in [1.54, 1.807) is 28.7 Å². The fourth-order valence-electron chi connectivity index (χ4n) is 5.58. The number of benzene rings is 2. The summed E-state index contributed by atoms with van der Waals surface area (Å²) in [6, 6.07) is 15.7. The third kappa shape index (κ3) is 10.4. The van der Waals surface area contributed by atoms with Crippen molar-refractivity contribution in [2.24, 2.45) is 14.1 Å². The largest absolute Gasteiger partial charge is 0.498 e. The second-order valence-electron chi connectivity index (χ2n) is 13.8. The minimum absolute atomic E-state index is 0.199. The van der Waals surface area contributed by atoms with Crippen molar-refractivity contribution < 1.29 is 28.4 Å². The van der Waals surface area contributed by atoms with Crippen LogP contribution < -0.4 is 5.46 Å². The summed E-state index contributed by atoms with van der Waals surface area (Å²) in [5, 5.41) is 10.3. The van der Waals surface area contributed by atoms with Gasteiger partial charge in [-0.1, -0.05) is 12.1 Å². The van der Waals surface area contributed by atoms with Crippen LogP contribution in [-0.2, 0) is 55.3 Å². The molecule has 0 bridgehead atoms. The van der Waals surface area contributed by atoms with Crippen LogP contribution in [0.25, 0.3) is 32.9 Å². The number of carbonyl (C=O) groups excluding carboxylic acids is 2. The maximum atomic E-state index is 11.6. The van der Waals surface area contributed by atoms with Crippen molar-refractivity contribution in [2.45, 2.75) is 65.6 Å². The van der Waals surface area contributed by atoms with Gasteiger partial charge in [-0.25, -0.2) is 0 Å². The van der Waals surface area contributed by atoms with Gasteiger partial charge in [0, 0.05) is 76.9 Å². The highest BCUT2D eigenvalue weighted by Crippen LogP contribution is 2.36. The molecule has 0 N–H and O–H groups in total. The molecule has 1 aliphatic rings. The van der Waals surface area contributed by atoms with Crippen LogP contribution in [0.4, 0.5) is 0 Å². The molecule has 0 spiro atoms. The summed E-state index contributed by atoms with van der Waals surface area (Å²) in [6.07, 6.45) is 11.6. The fourth-order valence-corrected chi connectivity index (χ4v) is 5.93. The van der Waals surface area contributed by atoms with Gasteiger partial charge in [0.25, 0.3) is 0 Å². The van der Waals surface area contributed by atoms with E-state index in [0.29, 0.717) is 19.6 Å². The molecule has 5 heterocycles. The molecule has 12 nitrogen and oxygen atoms in total. The maximum absolute atomic E-state index is 11.6. The molecule has 1 fully saturated rings. The first-order chi connectivity index (χ1) is 25.7. The molecule has 4 aromatic heterocycles. The summed E-state index contributed by atoms with van der Waals surface area (Å²) < 4.78 is 26.1. The van der Waals surface area contributed by atoms with Crippen LogP contribution in [-0.4, -0.2) is 73.0 Å². The monoisotopic (exact) mass is 796 g/mol. The number of hydrogen-bond donors (Lipinski definition) is 0. The molecule has 14 heteroatoms.